The van der Waals surface area contributed by atoms with E-state index in [4.69, 9.17) is 4.99 Å². The van der Waals surface area contributed by atoms with Crippen molar-refractivity contribution < 1.29 is 0 Å². The third-order valence-corrected chi connectivity index (χ3v) is 4.00. The van der Waals surface area contributed by atoms with Crippen LogP contribution in [0.25, 0.3) is 0 Å². The van der Waals surface area contributed by atoms with Crippen LogP contribution < -0.4 is 0 Å². The molecule has 2 nitrogen and oxygen atoms in total. The van der Waals surface area contributed by atoms with Crippen molar-refractivity contribution in [1.82, 2.24) is 4.98 Å². The molecule has 0 aliphatic carbocycles. The molecule has 0 saturated carbocycles. The summed E-state index contributed by atoms with van der Waals surface area (Å²) in [4.78, 5) is 9.33. The minimum Gasteiger partial charge on any atom is -0.255 e. The molecule has 0 bridgehead atoms. The van der Waals surface area contributed by atoms with Gasteiger partial charge in [0, 0.05) is 6.20 Å². The highest BCUT2D eigenvalue weighted by Crippen LogP contribution is 2.35. The van der Waals surface area contributed by atoms with Crippen LogP contribution in [0, 0.1) is 0 Å². The van der Waals surface area contributed by atoms with Gasteiger partial charge in [-0.2, -0.15) is 0 Å². The molecule has 23 heavy (non-hydrogen) atoms. The van der Waals surface area contributed by atoms with E-state index in [1.165, 1.54) is 11.1 Å². The van der Waals surface area contributed by atoms with E-state index in [0.717, 1.165) is 17.1 Å². The van der Waals surface area contributed by atoms with Crippen LogP contribution in [-0.4, -0.2) is 10.7 Å². The lowest BCUT2D eigenvalue weighted by Gasteiger charge is -2.25. The molecule has 1 aromatic carbocycles. The summed E-state index contributed by atoms with van der Waals surface area (Å²) in [6.07, 6.45) is 1.81. The fourth-order valence-corrected chi connectivity index (χ4v) is 2.54. The largest absolute Gasteiger partial charge is 0.255 e. The molecular weight excluding hydrogens is 280 g/mol. The first kappa shape index (κ1) is 17.4. The Kier molecular flexibility index (Phi) is 4.74. The minimum atomic E-state index is 0.0552. The zero-order chi connectivity index (χ0) is 17.3. The highest BCUT2D eigenvalue weighted by molar-refractivity contribution is 5.98. The summed E-state index contributed by atoms with van der Waals surface area (Å²) in [5.41, 5.74) is 5.65. The average Bonchev–Trinajstić information content (AvgIpc) is 2.46. The maximum absolute atomic E-state index is 4.92. The van der Waals surface area contributed by atoms with Crippen molar-refractivity contribution in [3.05, 3.63) is 59.4 Å². The van der Waals surface area contributed by atoms with E-state index in [2.05, 4.69) is 64.7 Å². The van der Waals surface area contributed by atoms with Gasteiger partial charge in [-0.15, -0.1) is 0 Å². The van der Waals surface area contributed by atoms with Crippen LogP contribution in [0.5, 0.6) is 0 Å². The van der Waals surface area contributed by atoms with Crippen molar-refractivity contribution in [3.8, 4) is 0 Å². The van der Waals surface area contributed by atoms with Crippen molar-refractivity contribution in [2.45, 2.75) is 59.3 Å². The summed E-state index contributed by atoms with van der Waals surface area (Å²) in [6.45, 7) is 15.4. The maximum Gasteiger partial charge on any atom is 0.0841 e. The Morgan fingerprint density at radius 2 is 1.61 bits per heavy atom. The van der Waals surface area contributed by atoms with Gasteiger partial charge < -0.3 is 0 Å². The summed E-state index contributed by atoms with van der Waals surface area (Å²) in [6, 6.07) is 12.6. The summed E-state index contributed by atoms with van der Waals surface area (Å²) in [5, 5.41) is 0. The molecule has 2 heteroatoms. The van der Waals surface area contributed by atoms with Crippen LogP contribution in [-0.2, 0) is 10.8 Å². The number of hydrogen-bond donors (Lipinski definition) is 0. The lowest BCUT2D eigenvalue weighted by molar-refractivity contribution is 0.578. The quantitative estimate of drug-likeness (QED) is 0.642. The van der Waals surface area contributed by atoms with Crippen molar-refractivity contribution in [1.29, 1.82) is 0 Å². The molecular formula is C21H28N2. The molecule has 0 spiro atoms. The van der Waals surface area contributed by atoms with Crippen molar-refractivity contribution >= 4 is 11.4 Å². The second kappa shape index (κ2) is 6.27. The molecule has 0 N–H and O–H groups in total. The van der Waals surface area contributed by atoms with E-state index in [-0.39, 0.29) is 10.8 Å². The zero-order valence-electron chi connectivity index (χ0n) is 15.4. The van der Waals surface area contributed by atoms with Gasteiger partial charge in [0.1, 0.15) is 0 Å². The predicted octanol–water partition coefficient (Wildman–Crippen LogP) is 5.82. The van der Waals surface area contributed by atoms with Gasteiger partial charge in [-0.05, 0) is 47.1 Å². The molecule has 0 aliphatic rings. The van der Waals surface area contributed by atoms with E-state index in [0.29, 0.717) is 0 Å². The van der Waals surface area contributed by atoms with Crippen molar-refractivity contribution in [2.24, 2.45) is 4.99 Å². The van der Waals surface area contributed by atoms with Crippen molar-refractivity contribution in [3.63, 3.8) is 0 Å². The molecule has 0 radical (unpaired) electrons. The highest BCUT2D eigenvalue weighted by atomic mass is 14.8. The summed E-state index contributed by atoms with van der Waals surface area (Å²) in [7, 11) is 0. The average molecular weight is 308 g/mol. The molecule has 0 amide bonds. The summed E-state index contributed by atoms with van der Waals surface area (Å²) < 4.78 is 0. The molecule has 2 rings (SSSR count). The second-order valence-corrected chi connectivity index (χ2v) is 8.14. The van der Waals surface area contributed by atoms with Gasteiger partial charge in [0.15, 0.2) is 0 Å². The molecule has 0 saturated heterocycles. The highest BCUT2D eigenvalue weighted by Gasteiger charge is 2.21. The standard InChI is InChI=1S/C21H28N2/c1-15(18-10-8-9-13-22-18)23-19-14-16(20(2,3)4)11-12-17(19)21(5,6)7/h8-14H,1-7H3. The Morgan fingerprint density at radius 3 is 2.13 bits per heavy atom. The predicted molar refractivity (Wildman–Crippen MR) is 100.0 cm³/mol. The van der Waals surface area contributed by atoms with Gasteiger partial charge in [-0.25, -0.2) is 0 Å². The number of aliphatic imine (C=N–C) groups is 1. The Balaban J connectivity index is 2.58. The molecule has 0 unspecified atom stereocenters. The first-order chi connectivity index (χ1) is 10.6. The second-order valence-electron chi connectivity index (χ2n) is 8.14. The Hall–Kier alpha value is -1.96. The first-order valence-electron chi connectivity index (χ1n) is 8.21. The minimum absolute atomic E-state index is 0.0552. The van der Waals surface area contributed by atoms with E-state index in [1.807, 2.05) is 31.3 Å². The van der Waals surface area contributed by atoms with E-state index in [1.54, 1.807) is 0 Å². The lowest BCUT2D eigenvalue weighted by atomic mass is 9.81. The molecule has 1 aromatic heterocycles. The summed E-state index contributed by atoms with van der Waals surface area (Å²) >= 11 is 0. The third-order valence-electron chi connectivity index (χ3n) is 4.00. The normalized spacial score (nSPS) is 13.3. The number of pyridine rings is 1. The number of rotatable bonds is 2. The third kappa shape index (κ3) is 4.28. The van der Waals surface area contributed by atoms with Gasteiger partial charge in [0.05, 0.1) is 17.1 Å². The molecule has 0 aliphatic heterocycles. The van der Waals surface area contributed by atoms with Gasteiger partial charge in [0.2, 0.25) is 0 Å². The van der Waals surface area contributed by atoms with Gasteiger partial charge in [-0.1, -0.05) is 59.7 Å². The monoisotopic (exact) mass is 308 g/mol. The van der Waals surface area contributed by atoms with Crippen molar-refractivity contribution in [2.75, 3.05) is 0 Å². The number of hydrogen-bond acceptors (Lipinski definition) is 2. The van der Waals surface area contributed by atoms with Gasteiger partial charge in [0.25, 0.3) is 0 Å². The van der Waals surface area contributed by atoms with E-state index in [9.17, 15) is 0 Å². The fraction of sp³-hybridized carbons (Fsp3) is 0.429. The van der Waals surface area contributed by atoms with Crippen LogP contribution in [0.3, 0.4) is 0 Å². The molecule has 0 fully saturated rings. The number of nitrogens with zero attached hydrogens (tertiary/aromatic N) is 2. The fourth-order valence-electron chi connectivity index (χ4n) is 2.54. The Morgan fingerprint density at radius 1 is 0.913 bits per heavy atom. The Bertz CT molecular complexity index is 699. The molecule has 1 heterocycles. The van der Waals surface area contributed by atoms with Crippen LogP contribution in [0.1, 0.15) is 65.3 Å². The first-order valence-corrected chi connectivity index (χ1v) is 8.21. The van der Waals surface area contributed by atoms with Crippen LogP contribution >= 0.6 is 0 Å². The SMILES string of the molecule is CC(=Nc1cc(C(C)(C)C)ccc1C(C)(C)C)c1ccccn1. The number of benzene rings is 1. The van der Waals surface area contributed by atoms with Gasteiger partial charge >= 0.3 is 0 Å². The number of aromatic nitrogens is 1. The van der Waals surface area contributed by atoms with Crippen LogP contribution in [0.2, 0.25) is 0 Å². The topological polar surface area (TPSA) is 25.2 Å². The smallest absolute Gasteiger partial charge is 0.0841 e. The molecule has 2 aromatic rings. The Labute approximate surface area is 140 Å². The lowest BCUT2D eigenvalue weighted by Crippen LogP contribution is -2.15. The van der Waals surface area contributed by atoms with Crippen LogP contribution in [0.15, 0.2) is 47.6 Å². The van der Waals surface area contributed by atoms with E-state index < -0.39 is 0 Å². The summed E-state index contributed by atoms with van der Waals surface area (Å²) in [5.74, 6) is 0. The van der Waals surface area contributed by atoms with E-state index >= 15 is 0 Å². The van der Waals surface area contributed by atoms with Gasteiger partial charge in [-0.3, -0.25) is 9.98 Å². The molecule has 122 valence electrons. The molecule has 0 atom stereocenters. The van der Waals surface area contributed by atoms with Crippen LogP contribution in [0.4, 0.5) is 5.69 Å². The maximum atomic E-state index is 4.92. The zero-order valence-corrected chi connectivity index (χ0v) is 15.4.